The van der Waals surface area contributed by atoms with Gasteiger partial charge in [0.15, 0.2) is 0 Å². The van der Waals surface area contributed by atoms with Crippen LogP contribution in [0.3, 0.4) is 0 Å². The van der Waals surface area contributed by atoms with Crippen molar-refractivity contribution in [2.75, 3.05) is 0 Å². The van der Waals surface area contributed by atoms with Crippen LogP contribution in [0.15, 0.2) is 36.4 Å². The lowest BCUT2D eigenvalue weighted by molar-refractivity contribution is 0.178. The van der Waals surface area contributed by atoms with Gasteiger partial charge >= 0.3 is 0 Å². The Labute approximate surface area is 123 Å². The summed E-state index contributed by atoms with van der Waals surface area (Å²) in [6.45, 7) is 0. The Morgan fingerprint density at radius 2 is 1.90 bits per heavy atom. The van der Waals surface area contributed by atoms with Crippen LogP contribution in [0.1, 0.15) is 34.8 Å². The van der Waals surface area contributed by atoms with Gasteiger partial charge in [-0.1, -0.05) is 35.9 Å². The lowest BCUT2D eigenvalue weighted by atomic mass is 9.98. The average Bonchev–Trinajstić information content (AvgIpc) is 2.89. The van der Waals surface area contributed by atoms with E-state index in [0.29, 0.717) is 12.0 Å². The van der Waals surface area contributed by atoms with Crippen molar-refractivity contribution < 1.29 is 9.50 Å². The van der Waals surface area contributed by atoms with Gasteiger partial charge in [-0.05, 0) is 53.6 Å². The molecule has 1 aliphatic rings. The number of benzene rings is 2. The van der Waals surface area contributed by atoms with E-state index in [-0.39, 0.29) is 5.02 Å². The van der Waals surface area contributed by atoms with Crippen LogP contribution in [0.25, 0.3) is 0 Å². The molecule has 1 unspecified atom stereocenters. The molecule has 3 heteroatoms. The number of aliphatic hydroxyl groups excluding tert-OH is 1. The predicted octanol–water partition coefficient (Wildman–Crippen LogP) is 4.24. The zero-order chi connectivity index (χ0) is 14.1. The largest absolute Gasteiger partial charge is 0.388 e. The highest BCUT2D eigenvalue weighted by Gasteiger charge is 2.14. The topological polar surface area (TPSA) is 20.2 Å². The van der Waals surface area contributed by atoms with E-state index in [1.165, 1.54) is 29.7 Å². The number of aryl methyl sites for hydroxylation is 2. The molecule has 0 aromatic heterocycles. The van der Waals surface area contributed by atoms with Crippen LogP contribution in [0, 0.1) is 5.82 Å². The maximum atomic E-state index is 13.1. The fourth-order valence-electron chi connectivity index (χ4n) is 2.81. The molecule has 0 spiro atoms. The molecule has 104 valence electrons. The first-order valence-electron chi connectivity index (χ1n) is 6.87. The van der Waals surface area contributed by atoms with Gasteiger partial charge in [0.1, 0.15) is 5.82 Å². The number of rotatable bonds is 3. The van der Waals surface area contributed by atoms with E-state index in [2.05, 4.69) is 18.2 Å². The summed E-state index contributed by atoms with van der Waals surface area (Å²) in [7, 11) is 0. The van der Waals surface area contributed by atoms with Gasteiger partial charge in [0.2, 0.25) is 0 Å². The summed E-state index contributed by atoms with van der Waals surface area (Å²) in [6, 6.07) is 10.8. The monoisotopic (exact) mass is 290 g/mol. The van der Waals surface area contributed by atoms with Crippen molar-refractivity contribution in [3.05, 3.63) is 69.5 Å². The van der Waals surface area contributed by atoms with Crippen LogP contribution in [0.2, 0.25) is 5.02 Å². The molecule has 0 saturated heterocycles. The van der Waals surface area contributed by atoms with Gasteiger partial charge in [-0.15, -0.1) is 0 Å². The molecule has 1 atom stereocenters. The smallest absolute Gasteiger partial charge is 0.141 e. The van der Waals surface area contributed by atoms with Crippen LogP contribution in [0.5, 0.6) is 0 Å². The van der Waals surface area contributed by atoms with Gasteiger partial charge in [-0.3, -0.25) is 0 Å². The van der Waals surface area contributed by atoms with Crippen LogP contribution >= 0.6 is 11.6 Å². The molecule has 0 amide bonds. The molecular weight excluding hydrogens is 275 g/mol. The van der Waals surface area contributed by atoms with Crippen LogP contribution in [-0.2, 0) is 19.3 Å². The van der Waals surface area contributed by atoms with Crippen LogP contribution in [0.4, 0.5) is 4.39 Å². The molecule has 0 aliphatic heterocycles. The summed E-state index contributed by atoms with van der Waals surface area (Å²) in [5.41, 5.74) is 4.58. The van der Waals surface area contributed by atoms with Crippen molar-refractivity contribution in [3.63, 3.8) is 0 Å². The standard InChI is InChI=1S/C17H16ClFO/c18-15-10-14(6-7-16(15)19)17(20)9-11-4-5-12-2-1-3-13(12)8-11/h4-8,10,17,20H,1-3,9H2. The van der Waals surface area contributed by atoms with Gasteiger partial charge in [0.05, 0.1) is 11.1 Å². The highest BCUT2D eigenvalue weighted by molar-refractivity contribution is 6.30. The summed E-state index contributed by atoms with van der Waals surface area (Å²) < 4.78 is 13.1. The first-order valence-corrected chi connectivity index (χ1v) is 7.25. The second-order valence-electron chi connectivity index (χ2n) is 5.35. The van der Waals surface area contributed by atoms with Gasteiger partial charge in [-0.2, -0.15) is 0 Å². The first-order chi connectivity index (χ1) is 9.63. The third-order valence-corrected chi connectivity index (χ3v) is 4.21. The van der Waals surface area contributed by atoms with Crippen molar-refractivity contribution >= 4 is 11.6 Å². The Bertz CT molecular complexity index is 639. The molecule has 0 heterocycles. The summed E-state index contributed by atoms with van der Waals surface area (Å²) >= 11 is 5.75. The molecule has 2 aromatic rings. The third kappa shape index (κ3) is 2.72. The minimum atomic E-state index is -0.660. The second kappa shape index (κ2) is 5.55. The highest BCUT2D eigenvalue weighted by atomic mass is 35.5. The van der Waals surface area contributed by atoms with E-state index in [0.717, 1.165) is 18.4 Å². The maximum absolute atomic E-state index is 13.1. The Morgan fingerprint density at radius 1 is 1.10 bits per heavy atom. The minimum Gasteiger partial charge on any atom is -0.388 e. The Balaban J connectivity index is 1.78. The Morgan fingerprint density at radius 3 is 2.70 bits per heavy atom. The van der Waals surface area contributed by atoms with Crippen LogP contribution < -0.4 is 0 Å². The van der Waals surface area contributed by atoms with E-state index in [1.807, 2.05) is 0 Å². The van der Waals surface area contributed by atoms with Crippen molar-refractivity contribution in [1.82, 2.24) is 0 Å². The van der Waals surface area contributed by atoms with E-state index in [9.17, 15) is 9.50 Å². The number of fused-ring (bicyclic) bond motifs is 1. The molecule has 0 saturated carbocycles. The van der Waals surface area contributed by atoms with Gasteiger partial charge in [0.25, 0.3) is 0 Å². The van der Waals surface area contributed by atoms with Gasteiger partial charge in [-0.25, -0.2) is 4.39 Å². The quantitative estimate of drug-likeness (QED) is 0.896. The lowest BCUT2D eigenvalue weighted by Crippen LogP contribution is -2.02. The zero-order valence-electron chi connectivity index (χ0n) is 11.1. The van der Waals surface area contributed by atoms with Crippen molar-refractivity contribution in [1.29, 1.82) is 0 Å². The summed E-state index contributed by atoms with van der Waals surface area (Å²) in [5.74, 6) is -0.458. The average molecular weight is 291 g/mol. The molecule has 0 bridgehead atoms. The summed E-state index contributed by atoms with van der Waals surface area (Å²) in [4.78, 5) is 0. The normalized spacial score (nSPS) is 15.2. The molecule has 3 rings (SSSR count). The van der Waals surface area contributed by atoms with Crippen molar-refractivity contribution in [2.45, 2.75) is 31.8 Å². The highest BCUT2D eigenvalue weighted by Crippen LogP contribution is 2.27. The zero-order valence-corrected chi connectivity index (χ0v) is 11.8. The second-order valence-corrected chi connectivity index (χ2v) is 5.76. The number of hydrogen-bond acceptors (Lipinski definition) is 1. The molecule has 20 heavy (non-hydrogen) atoms. The molecule has 2 aromatic carbocycles. The molecular formula is C17H16ClFO. The Hall–Kier alpha value is -1.38. The number of hydrogen-bond donors (Lipinski definition) is 1. The fraction of sp³-hybridized carbons (Fsp3) is 0.294. The van der Waals surface area contributed by atoms with Crippen molar-refractivity contribution in [3.8, 4) is 0 Å². The first kappa shape index (κ1) is 13.6. The van der Waals surface area contributed by atoms with Crippen LogP contribution in [-0.4, -0.2) is 5.11 Å². The summed E-state index contributed by atoms with van der Waals surface area (Å²) in [6.07, 6.45) is 3.37. The van der Waals surface area contributed by atoms with Gasteiger partial charge in [0, 0.05) is 6.42 Å². The molecule has 1 aliphatic carbocycles. The maximum Gasteiger partial charge on any atom is 0.141 e. The predicted molar refractivity (Wildman–Crippen MR) is 78.5 cm³/mol. The van der Waals surface area contributed by atoms with E-state index in [1.54, 1.807) is 6.07 Å². The minimum absolute atomic E-state index is 0.0514. The summed E-state index contributed by atoms with van der Waals surface area (Å²) in [5, 5.41) is 10.3. The van der Waals surface area contributed by atoms with E-state index < -0.39 is 11.9 Å². The molecule has 0 fully saturated rings. The fourth-order valence-corrected chi connectivity index (χ4v) is 3.00. The van der Waals surface area contributed by atoms with E-state index in [4.69, 9.17) is 11.6 Å². The SMILES string of the molecule is OC(Cc1ccc2c(c1)CCC2)c1ccc(F)c(Cl)c1. The van der Waals surface area contributed by atoms with Gasteiger partial charge < -0.3 is 5.11 Å². The number of halogens is 2. The Kier molecular flexibility index (Phi) is 3.77. The molecule has 1 N–H and O–H groups in total. The lowest BCUT2D eigenvalue weighted by Gasteiger charge is -2.13. The molecule has 1 nitrogen and oxygen atoms in total. The van der Waals surface area contributed by atoms with E-state index >= 15 is 0 Å². The molecule has 0 radical (unpaired) electrons. The number of aliphatic hydroxyl groups is 1. The third-order valence-electron chi connectivity index (χ3n) is 3.92. The van der Waals surface area contributed by atoms with Crippen molar-refractivity contribution in [2.24, 2.45) is 0 Å².